The zero-order valence-electron chi connectivity index (χ0n) is 10.0. The van der Waals surface area contributed by atoms with Crippen LogP contribution in [0.25, 0.3) is 0 Å². The first-order chi connectivity index (χ1) is 8.88. The van der Waals surface area contributed by atoms with Crippen LogP contribution < -0.4 is 5.73 Å². The highest BCUT2D eigenvalue weighted by Crippen LogP contribution is 2.22. The van der Waals surface area contributed by atoms with Crippen LogP contribution in [0.1, 0.15) is 21.5 Å². The quantitative estimate of drug-likeness (QED) is 0.673. The van der Waals surface area contributed by atoms with Crippen molar-refractivity contribution in [2.24, 2.45) is 0 Å². The predicted molar refractivity (Wildman–Crippen MR) is 70.4 cm³/mol. The van der Waals surface area contributed by atoms with E-state index in [9.17, 15) is 13.6 Å². The number of nitrogens with two attached hydrogens (primary N) is 1. The third-order valence-corrected chi connectivity index (χ3v) is 2.89. The maximum Gasteiger partial charge on any atom is 0.196 e. The molecule has 0 fully saturated rings. The van der Waals surface area contributed by atoms with E-state index in [4.69, 9.17) is 17.3 Å². The van der Waals surface area contributed by atoms with Crippen molar-refractivity contribution in [2.45, 2.75) is 6.92 Å². The topological polar surface area (TPSA) is 43.1 Å². The average Bonchev–Trinajstić information content (AvgIpc) is 2.31. The maximum atomic E-state index is 13.7. The van der Waals surface area contributed by atoms with E-state index in [1.807, 2.05) is 0 Å². The zero-order valence-corrected chi connectivity index (χ0v) is 10.8. The lowest BCUT2D eigenvalue weighted by Gasteiger charge is -2.06. The SMILES string of the molecule is Cc1cc(F)c(C(=O)c2cc(N)cc(Cl)c2)cc1F. The van der Waals surface area contributed by atoms with Crippen LogP contribution in [0, 0.1) is 18.6 Å². The lowest BCUT2D eigenvalue weighted by molar-refractivity contribution is 0.103. The van der Waals surface area contributed by atoms with Crippen LogP contribution in [0.3, 0.4) is 0 Å². The second-order valence-corrected chi connectivity index (χ2v) is 4.62. The Morgan fingerprint density at radius 3 is 2.42 bits per heavy atom. The van der Waals surface area contributed by atoms with Crippen molar-refractivity contribution >= 4 is 23.1 Å². The van der Waals surface area contributed by atoms with Gasteiger partial charge in [0.2, 0.25) is 0 Å². The minimum absolute atomic E-state index is 0.118. The Kier molecular flexibility index (Phi) is 3.53. The Hall–Kier alpha value is -1.94. The number of halogens is 3. The van der Waals surface area contributed by atoms with Gasteiger partial charge in [-0.15, -0.1) is 0 Å². The van der Waals surface area contributed by atoms with Crippen LogP contribution in [0.2, 0.25) is 5.02 Å². The molecule has 0 saturated carbocycles. The molecule has 2 N–H and O–H groups in total. The summed E-state index contributed by atoms with van der Waals surface area (Å²) in [5, 5.41) is 0.261. The van der Waals surface area contributed by atoms with Crippen LogP contribution in [0.4, 0.5) is 14.5 Å². The van der Waals surface area contributed by atoms with Gasteiger partial charge in [0.25, 0.3) is 0 Å². The molecule has 0 aromatic heterocycles. The first-order valence-electron chi connectivity index (χ1n) is 5.45. The molecule has 0 atom stereocenters. The van der Waals surface area contributed by atoms with Crippen molar-refractivity contribution in [1.29, 1.82) is 0 Å². The summed E-state index contributed by atoms with van der Waals surface area (Å²) in [4.78, 5) is 12.1. The molecular weight excluding hydrogens is 272 g/mol. The summed E-state index contributed by atoms with van der Waals surface area (Å²) in [6, 6.07) is 6.05. The van der Waals surface area contributed by atoms with E-state index in [2.05, 4.69) is 0 Å². The Bertz CT molecular complexity index is 650. The summed E-state index contributed by atoms with van der Waals surface area (Å²) in [5.74, 6) is -2.08. The molecule has 0 amide bonds. The first kappa shape index (κ1) is 13.5. The molecule has 2 nitrogen and oxygen atoms in total. The fourth-order valence-corrected chi connectivity index (χ4v) is 1.96. The molecule has 2 aromatic rings. The molecule has 0 heterocycles. The van der Waals surface area contributed by atoms with Crippen molar-refractivity contribution < 1.29 is 13.6 Å². The molecule has 0 aliphatic heterocycles. The molecule has 5 heteroatoms. The van der Waals surface area contributed by atoms with Gasteiger partial charge in [-0.3, -0.25) is 4.79 Å². The molecule has 0 bridgehead atoms. The lowest BCUT2D eigenvalue weighted by atomic mass is 10.0. The van der Waals surface area contributed by atoms with Gasteiger partial charge >= 0.3 is 0 Å². The molecule has 0 saturated heterocycles. The van der Waals surface area contributed by atoms with Gasteiger partial charge < -0.3 is 5.73 Å². The minimum atomic E-state index is -0.776. The molecule has 0 aliphatic carbocycles. The Labute approximate surface area is 113 Å². The van der Waals surface area contributed by atoms with E-state index in [1.165, 1.54) is 25.1 Å². The fraction of sp³-hybridized carbons (Fsp3) is 0.0714. The average molecular weight is 282 g/mol. The standard InChI is InChI=1S/C14H10ClF2NO/c1-7-2-13(17)11(6-12(7)16)14(19)8-3-9(15)5-10(18)4-8/h2-6H,18H2,1H3. The van der Waals surface area contributed by atoms with Crippen LogP contribution in [-0.2, 0) is 0 Å². The summed E-state index contributed by atoms with van der Waals surface area (Å²) in [5.41, 5.74) is 5.76. The Morgan fingerprint density at radius 1 is 1.11 bits per heavy atom. The third-order valence-electron chi connectivity index (χ3n) is 2.68. The maximum absolute atomic E-state index is 13.7. The van der Waals surface area contributed by atoms with E-state index in [-0.39, 0.29) is 27.4 Å². The summed E-state index contributed by atoms with van der Waals surface area (Å²) in [6.45, 7) is 1.42. The van der Waals surface area contributed by atoms with E-state index in [0.717, 1.165) is 12.1 Å². The van der Waals surface area contributed by atoms with Gasteiger partial charge in [-0.25, -0.2) is 8.78 Å². The van der Waals surface area contributed by atoms with Gasteiger partial charge in [0.15, 0.2) is 5.78 Å². The number of nitrogen functional groups attached to an aromatic ring is 1. The van der Waals surface area contributed by atoms with Crippen LogP contribution >= 0.6 is 11.6 Å². The molecule has 98 valence electrons. The van der Waals surface area contributed by atoms with Crippen molar-refractivity contribution in [2.75, 3.05) is 5.73 Å². The highest BCUT2D eigenvalue weighted by Gasteiger charge is 2.17. The van der Waals surface area contributed by atoms with Crippen molar-refractivity contribution in [3.63, 3.8) is 0 Å². The number of carbonyl (C=O) groups excluding carboxylic acids is 1. The van der Waals surface area contributed by atoms with Gasteiger partial charge in [-0.1, -0.05) is 11.6 Å². The van der Waals surface area contributed by atoms with Crippen molar-refractivity contribution in [3.05, 3.63) is 63.7 Å². The first-order valence-corrected chi connectivity index (χ1v) is 5.82. The second kappa shape index (κ2) is 4.97. The molecular formula is C14H10ClF2NO. The molecule has 19 heavy (non-hydrogen) atoms. The van der Waals surface area contributed by atoms with Gasteiger partial charge in [0, 0.05) is 16.3 Å². The summed E-state index contributed by atoms with van der Waals surface area (Å²) < 4.78 is 27.1. The highest BCUT2D eigenvalue weighted by molar-refractivity contribution is 6.31. The monoisotopic (exact) mass is 281 g/mol. The van der Waals surface area contributed by atoms with E-state index in [1.54, 1.807) is 0 Å². The number of hydrogen-bond donors (Lipinski definition) is 1. The molecule has 2 aromatic carbocycles. The lowest BCUT2D eigenvalue weighted by Crippen LogP contribution is -2.06. The third kappa shape index (κ3) is 2.74. The van der Waals surface area contributed by atoms with Crippen LogP contribution in [0.15, 0.2) is 30.3 Å². The zero-order chi connectivity index (χ0) is 14.2. The van der Waals surface area contributed by atoms with Gasteiger partial charge in [-0.2, -0.15) is 0 Å². The van der Waals surface area contributed by atoms with Crippen molar-refractivity contribution in [1.82, 2.24) is 0 Å². The highest BCUT2D eigenvalue weighted by atomic mass is 35.5. The number of anilines is 1. The minimum Gasteiger partial charge on any atom is -0.399 e. The van der Waals surface area contributed by atoms with Crippen LogP contribution in [0.5, 0.6) is 0 Å². The van der Waals surface area contributed by atoms with E-state index < -0.39 is 17.4 Å². The molecule has 0 radical (unpaired) electrons. The predicted octanol–water partition coefficient (Wildman–Crippen LogP) is 3.74. The summed E-state index contributed by atoms with van der Waals surface area (Å²) in [7, 11) is 0. The Balaban J connectivity index is 2.53. The molecule has 0 aliphatic rings. The molecule has 2 rings (SSSR count). The number of rotatable bonds is 2. The molecule has 0 unspecified atom stereocenters. The van der Waals surface area contributed by atoms with Gasteiger partial charge in [0.05, 0.1) is 5.56 Å². The van der Waals surface area contributed by atoms with E-state index >= 15 is 0 Å². The largest absolute Gasteiger partial charge is 0.399 e. The molecule has 0 spiro atoms. The Morgan fingerprint density at radius 2 is 1.79 bits per heavy atom. The van der Waals surface area contributed by atoms with E-state index in [0.29, 0.717) is 0 Å². The number of ketones is 1. The number of aryl methyl sites for hydroxylation is 1. The second-order valence-electron chi connectivity index (χ2n) is 4.18. The summed E-state index contributed by atoms with van der Waals surface area (Å²) >= 11 is 5.78. The van der Waals surface area contributed by atoms with Gasteiger partial charge in [0.1, 0.15) is 11.6 Å². The number of carbonyl (C=O) groups is 1. The normalized spacial score (nSPS) is 10.5. The smallest absolute Gasteiger partial charge is 0.196 e. The number of benzene rings is 2. The number of hydrogen-bond acceptors (Lipinski definition) is 2. The summed E-state index contributed by atoms with van der Waals surface area (Å²) in [6.07, 6.45) is 0. The fourth-order valence-electron chi connectivity index (χ4n) is 1.72. The van der Waals surface area contributed by atoms with Gasteiger partial charge in [-0.05, 0) is 42.8 Å². The van der Waals surface area contributed by atoms with Crippen molar-refractivity contribution in [3.8, 4) is 0 Å². The van der Waals surface area contributed by atoms with Crippen LogP contribution in [-0.4, -0.2) is 5.78 Å².